The molecule has 0 spiro atoms. The van der Waals surface area contributed by atoms with Crippen LogP contribution in [0.3, 0.4) is 0 Å². The highest BCUT2D eigenvalue weighted by molar-refractivity contribution is 14.1. The number of benzene rings is 2. The van der Waals surface area contributed by atoms with Crippen LogP contribution in [0, 0.1) is 10.5 Å². The molecule has 2 rings (SSSR count). The summed E-state index contributed by atoms with van der Waals surface area (Å²) in [5, 5.41) is 3.39. The molecular weight excluding hydrogens is 391 g/mol. The predicted molar refractivity (Wildman–Crippen MR) is 85.7 cm³/mol. The number of hydrogen-bond acceptors (Lipinski definition) is 2. The summed E-state index contributed by atoms with van der Waals surface area (Å²) in [4.78, 5) is 0. The molecule has 0 aromatic heterocycles. The molecule has 0 unspecified atom stereocenters. The van der Waals surface area contributed by atoms with E-state index >= 15 is 0 Å². The summed E-state index contributed by atoms with van der Waals surface area (Å²) in [5.41, 5.74) is 9.86. The second-order valence-corrected chi connectivity index (χ2v) is 5.96. The fraction of sp³-hybridized carbons (Fsp3) is 0.0769. The number of nitrogens with two attached hydrogens (primary N) is 1. The van der Waals surface area contributed by atoms with Crippen LogP contribution >= 0.6 is 38.5 Å². The molecule has 0 amide bonds. The molecule has 0 heterocycles. The van der Waals surface area contributed by atoms with Gasteiger partial charge < -0.3 is 11.1 Å². The summed E-state index contributed by atoms with van der Waals surface area (Å²) in [5.74, 6) is 0. The van der Waals surface area contributed by atoms with Gasteiger partial charge in [0.1, 0.15) is 0 Å². The van der Waals surface area contributed by atoms with Gasteiger partial charge in [-0.1, -0.05) is 15.9 Å². The van der Waals surface area contributed by atoms with Gasteiger partial charge in [0.2, 0.25) is 0 Å². The van der Waals surface area contributed by atoms with Crippen LogP contribution in [0.25, 0.3) is 0 Å². The van der Waals surface area contributed by atoms with E-state index in [2.05, 4.69) is 69.0 Å². The van der Waals surface area contributed by atoms with Crippen molar-refractivity contribution in [3.05, 3.63) is 50.0 Å². The average Bonchev–Trinajstić information content (AvgIpc) is 2.21. The number of nitrogen functional groups attached to an aromatic ring is 1. The molecule has 2 nitrogen and oxygen atoms in total. The number of nitrogens with one attached hydrogen (secondary N) is 1. The van der Waals surface area contributed by atoms with Gasteiger partial charge in [0.15, 0.2) is 0 Å². The topological polar surface area (TPSA) is 38.0 Å². The molecule has 0 bridgehead atoms. The van der Waals surface area contributed by atoms with Crippen LogP contribution in [0.2, 0.25) is 0 Å². The molecule has 0 saturated carbocycles. The van der Waals surface area contributed by atoms with E-state index in [9.17, 15) is 0 Å². The predicted octanol–water partition coefficient (Wildman–Crippen LogP) is 4.69. The fourth-order valence-electron chi connectivity index (χ4n) is 1.60. The van der Waals surface area contributed by atoms with Gasteiger partial charge in [0.05, 0.1) is 5.69 Å². The number of halogens is 2. The molecule has 88 valence electrons. The summed E-state index contributed by atoms with van der Waals surface area (Å²) >= 11 is 5.77. The van der Waals surface area contributed by atoms with Gasteiger partial charge in [-0.25, -0.2) is 0 Å². The smallest absolute Gasteiger partial charge is 0.0521 e. The first kappa shape index (κ1) is 12.7. The Kier molecular flexibility index (Phi) is 3.93. The lowest BCUT2D eigenvalue weighted by Gasteiger charge is -2.10. The zero-order valence-corrected chi connectivity index (χ0v) is 13.0. The maximum Gasteiger partial charge on any atom is 0.0521 e. The maximum absolute atomic E-state index is 5.73. The van der Waals surface area contributed by atoms with Crippen molar-refractivity contribution in [3.63, 3.8) is 0 Å². The van der Waals surface area contributed by atoms with Gasteiger partial charge in [-0.2, -0.15) is 0 Å². The molecule has 0 aliphatic rings. The van der Waals surface area contributed by atoms with Gasteiger partial charge >= 0.3 is 0 Å². The van der Waals surface area contributed by atoms with Crippen LogP contribution < -0.4 is 11.1 Å². The highest BCUT2D eigenvalue weighted by atomic mass is 127. The van der Waals surface area contributed by atoms with E-state index in [0.29, 0.717) is 0 Å². The fourth-order valence-corrected chi connectivity index (χ4v) is 2.88. The van der Waals surface area contributed by atoms with Crippen molar-refractivity contribution in [3.8, 4) is 0 Å². The summed E-state index contributed by atoms with van der Waals surface area (Å²) in [7, 11) is 0. The SMILES string of the molecule is Cc1cc(Br)cc(Nc2ccc(N)cc2I)c1. The lowest BCUT2D eigenvalue weighted by molar-refractivity contribution is 1.42. The van der Waals surface area contributed by atoms with Crippen molar-refractivity contribution in [2.75, 3.05) is 11.1 Å². The minimum absolute atomic E-state index is 0.783. The highest BCUT2D eigenvalue weighted by Crippen LogP contribution is 2.27. The van der Waals surface area contributed by atoms with Crippen molar-refractivity contribution < 1.29 is 0 Å². The molecule has 2 aromatic rings. The molecule has 0 fully saturated rings. The lowest BCUT2D eigenvalue weighted by atomic mass is 10.2. The van der Waals surface area contributed by atoms with Crippen LogP contribution in [0.15, 0.2) is 40.9 Å². The molecule has 0 aliphatic heterocycles. The normalized spacial score (nSPS) is 10.3. The second kappa shape index (κ2) is 5.27. The van der Waals surface area contributed by atoms with Crippen molar-refractivity contribution in [2.45, 2.75) is 6.92 Å². The quantitative estimate of drug-likeness (QED) is 0.565. The largest absolute Gasteiger partial charge is 0.399 e. The molecule has 2 aromatic carbocycles. The third kappa shape index (κ3) is 3.35. The second-order valence-electron chi connectivity index (χ2n) is 3.88. The summed E-state index contributed by atoms with van der Waals surface area (Å²) in [6, 6.07) is 12.1. The number of aryl methyl sites for hydroxylation is 1. The molecule has 17 heavy (non-hydrogen) atoms. The third-order valence-electron chi connectivity index (χ3n) is 2.31. The molecule has 0 aliphatic carbocycles. The summed E-state index contributed by atoms with van der Waals surface area (Å²) in [6.07, 6.45) is 0. The van der Waals surface area contributed by atoms with E-state index < -0.39 is 0 Å². The van der Waals surface area contributed by atoms with Crippen molar-refractivity contribution in [2.24, 2.45) is 0 Å². The highest BCUT2D eigenvalue weighted by Gasteiger charge is 2.02. The Bertz CT molecular complexity index is 535. The molecule has 0 atom stereocenters. The standard InChI is InChI=1S/C13H12BrIN2/c1-8-4-9(14)6-11(5-8)17-13-3-2-10(16)7-12(13)15/h2-7,17H,16H2,1H3. The van der Waals surface area contributed by atoms with Gasteiger partial charge in [0, 0.05) is 19.4 Å². The van der Waals surface area contributed by atoms with Crippen molar-refractivity contribution in [1.29, 1.82) is 0 Å². The van der Waals surface area contributed by atoms with E-state index in [1.807, 2.05) is 18.2 Å². The van der Waals surface area contributed by atoms with Crippen molar-refractivity contribution >= 4 is 55.6 Å². The Morgan fingerprint density at radius 3 is 2.59 bits per heavy atom. The van der Waals surface area contributed by atoms with Crippen LogP contribution in [-0.4, -0.2) is 0 Å². The third-order valence-corrected chi connectivity index (χ3v) is 3.66. The van der Waals surface area contributed by atoms with Gasteiger partial charge in [-0.3, -0.25) is 0 Å². The minimum atomic E-state index is 0.783. The number of hydrogen-bond donors (Lipinski definition) is 2. The number of anilines is 3. The van der Waals surface area contributed by atoms with Crippen LogP contribution in [0.5, 0.6) is 0 Å². The van der Waals surface area contributed by atoms with E-state index in [-0.39, 0.29) is 0 Å². The van der Waals surface area contributed by atoms with Crippen LogP contribution in [-0.2, 0) is 0 Å². The van der Waals surface area contributed by atoms with Gasteiger partial charge in [0.25, 0.3) is 0 Å². The zero-order valence-electron chi connectivity index (χ0n) is 9.30. The molecule has 3 N–H and O–H groups in total. The van der Waals surface area contributed by atoms with E-state index in [1.165, 1.54) is 5.56 Å². The zero-order chi connectivity index (χ0) is 12.4. The molecular formula is C13H12BrIN2. The van der Waals surface area contributed by atoms with Crippen molar-refractivity contribution in [1.82, 2.24) is 0 Å². The van der Waals surface area contributed by atoms with Gasteiger partial charge in [-0.15, -0.1) is 0 Å². The van der Waals surface area contributed by atoms with Crippen LogP contribution in [0.4, 0.5) is 17.1 Å². The monoisotopic (exact) mass is 402 g/mol. The Morgan fingerprint density at radius 2 is 1.94 bits per heavy atom. The Balaban J connectivity index is 2.31. The summed E-state index contributed by atoms with van der Waals surface area (Å²) in [6.45, 7) is 2.07. The first-order valence-electron chi connectivity index (χ1n) is 5.14. The minimum Gasteiger partial charge on any atom is -0.399 e. The Hall–Kier alpha value is -0.750. The summed E-state index contributed by atoms with van der Waals surface area (Å²) < 4.78 is 2.19. The maximum atomic E-state index is 5.73. The van der Waals surface area contributed by atoms with Crippen LogP contribution in [0.1, 0.15) is 5.56 Å². The Morgan fingerprint density at radius 1 is 1.18 bits per heavy atom. The number of rotatable bonds is 2. The van der Waals surface area contributed by atoms with E-state index in [4.69, 9.17) is 5.73 Å². The average molecular weight is 403 g/mol. The lowest BCUT2D eigenvalue weighted by Crippen LogP contribution is -1.95. The first-order valence-corrected chi connectivity index (χ1v) is 7.01. The Labute approximate surface area is 123 Å². The molecule has 4 heteroatoms. The van der Waals surface area contributed by atoms with Gasteiger partial charge in [-0.05, 0) is 71.5 Å². The molecule has 0 saturated heterocycles. The first-order chi connectivity index (χ1) is 8.04. The van der Waals surface area contributed by atoms with E-state index in [1.54, 1.807) is 0 Å². The molecule has 0 radical (unpaired) electrons. The van der Waals surface area contributed by atoms with E-state index in [0.717, 1.165) is 25.1 Å².